The second-order valence-corrected chi connectivity index (χ2v) is 7.34. The molecule has 0 aromatic heterocycles. The Bertz CT molecular complexity index is 616. The van der Waals surface area contributed by atoms with Crippen molar-refractivity contribution in [3.05, 3.63) is 33.8 Å². The van der Waals surface area contributed by atoms with Crippen molar-refractivity contribution in [2.75, 3.05) is 13.6 Å². The van der Waals surface area contributed by atoms with Crippen molar-refractivity contribution < 1.29 is 14.3 Å². The standard InChI is InChI=1S/C18H22BrNO3/c1-20-10-9-12(11-17(20)21)18(22)23-16-8-3-2-5-13-14(16)6-4-7-15(13)19/h4,6-7,12,16H,2-3,5,8-11H2,1H3/t12-,16-/m1/s1. The SMILES string of the molecule is CN1CC[C@@H](C(=O)O[C@@H]2CCCCc3c(Br)cccc32)CC1=O. The molecule has 0 bridgehead atoms. The lowest BCUT2D eigenvalue weighted by molar-refractivity contribution is -0.159. The van der Waals surface area contributed by atoms with E-state index in [-0.39, 0.29) is 30.3 Å². The van der Waals surface area contributed by atoms with E-state index in [1.165, 1.54) is 5.56 Å². The fourth-order valence-corrected chi connectivity index (χ4v) is 4.01. The number of hydrogen-bond acceptors (Lipinski definition) is 3. The van der Waals surface area contributed by atoms with Crippen LogP contribution in [0.4, 0.5) is 0 Å². The maximum Gasteiger partial charge on any atom is 0.310 e. The molecule has 1 saturated heterocycles. The Kier molecular flexibility index (Phi) is 5.05. The maximum atomic E-state index is 12.5. The number of amides is 1. The second-order valence-electron chi connectivity index (χ2n) is 6.48. The summed E-state index contributed by atoms with van der Waals surface area (Å²) in [5.41, 5.74) is 2.37. The number of likely N-dealkylation sites (tertiary alicyclic amines) is 1. The van der Waals surface area contributed by atoms with E-state index in [4.69, 9.17) is 4.74 Å². The van der Waals surface area contributed by atoms with E-state index in [0.29, 0.717) is 13.0 Å². The topological polar surface area (TPSA) is 46.6 Å². The number of esters is 1. The summed E-state index contributed by atoms with van der Waals surface area (Å²) in [6.07, 6.45) is 4.80. The van der Waals surface area contributed by atoms with E-state index in [2.05, 4.69) is 22.0 Å². The lowest BCUT2D eigenvalue weighted by Crippen LogP contribution is -2.39. The third-order valence-corrected chi connectivity index (χ3v) is 5.64. The Balaban J connectivity index is 1.74. The van der Waals surface area contributed by atoms with Crippen LogP contribution in [0.1, 0.15) is 49.3 Å². The number of piperidine rings is 1. The maximum absolute atomic E-state index is 12.5. The molecule has 1 aliphatic carbocycles. The van der Waals surface area contributed by atoms with Gasteiger partial charge in [0.2, 0.25) is 5.91 Å². The van der Waals surface area contributed by atoms with Gasteiger partial charge in [0.1, 0.15) is 6.10 Å². The Labute approximate surface area is 145 Å². The zero-order valence-corrected chi connectivity index (χ0v) is 15.0. The number of carbonyl (C=O) groups excluding carboxylic acids is 2. The van der Waals surface area contributed by atoms with Crippen LogP contribution < -0.4 is 0 Å². The van der Waals surface area contributed by atoms with Crippen molar-refractivity contribution in [3.8, 4) is 0 Å². The highest BCUT2D eigenvalue weighted by molar-refractivity contribution is 9.10. The quantitative estimate of drug-likeness (QED) is 0.582. The number of nitrogens with zero attached hydrogens (tertiary/aromatic N) is 1. The summed E-state index contributed by atoms with van der Waals surface area (Å²) < 4.78 is 6.94. The van der Waals surface area contributed by atoms with E-state index < -0.39 is 0 Å². The average Bonchev–Trinajstić information content (AvgIpc) is 2.74. The third kappa shape index (κ3) is 3.60. The predicted octanol–water partition coefficient (Wildman–Crippen LogP) is 3.63. The van der Waals surface area contributed by atoms with Crippen LogP contribution in [0, 0.1) is 5.92 Å². The Morgan fingerprint density at radius 3 is 2.91 bits per heavy atom. The van der Waals surface area contributed by atoms with E-state index in [9.17, 15) is 9.59 Å². The van der Waals surface area contributed by atoms with Gasteiger partial charge in [-0.2, -0.15) is 0 Å². The molecule has 0 unspecified atom stereocenters. The molecule has 1 amide bonds. The largest absolute Gasteiger partial charge is 0.457 e. The Morgan fingerprint density at radius 1 is 1.30 bits per heavy atom. The lowest BCUT2D eigenvalue weighted by atomic mass is 9.96. The molecule has 0 spiro atoms. The van der Waals surface area contributed by atoms with Crippen LogP contribution in [0.3, 0.4) is 0 Å². The predicted molar refractivity (Wildman–Crippen MR) is 90.9 cm³/mol. The van der Waals surface area contributed by atoms with Crippen LogP contribution in [0.5, 0.6) is 0 Å². The average molecular weight is 380 g/mol. The molecule has 5 heteroatoms. The molecule has 1 heterocycles. The van der Waals surface area contributed by atoms with Crippen molar-refractivity contribution in [1.29, 1.82) is 0 Å². The molecule has 1 fully saturated rings. The van der Waals surface area contributed by atoms with Crippen molar-refractivity contribution >= 4 is 27.8 Å². The number of halogens is 1. The highest BCUT2D eigenvalue weighted by atomic mass is 79.9. The summed E-state index contributed by atoms with van der Waals surface area (Å²) in [6.45, 7) is 0.630. The summed E-state index contributed by atoms with van der Waals surface area (Å²) in [4.78, 5) is 26.0. The van der Waals surface area contributed by atoms with Gasteiger partial charge in [0, 0.05) is 24.5 Å². The molecule has 3 rings (SSSR count). The highest BCUT2D eigenvalue weighted by Gasteiger charge is 2.32. The molecule has 23 heavy (non-hydrogen) atoms. The van der Waals surface area contributed by atoms with Gasteiger partial charge in [0.05, 0.1) is 5.92 Å². The molecule has 0 saturated carbocycles. The molecule has 124 valence electrons. The van der Waals surface area contributed by atoms with Gasteiger partial charge in [-0.05, 0) is 49.3 Å². The molecule has 0 radical (unpaired) electrons. The van der Waals surface area contributed by atoms with Crippen LogP contribution >= 0.6 is 15.9 Å². The van der Waals surface area contributed by atoms with Gasteiger partial charge in [-0.1, -0.05) is 28.1 Å². The first-order valence-corrected chi connectivity index (χ1v) is 9.07. The first-order chi connectivity index (χ1) is 11.1. The minimum Gasteiger partial charge on any atom is -0.457 e. The van der Waals surface area contributed by atoms with Crippen LogP contribution in [0.2, 0.25) is 0 Å². The molecule has 1 aromatic rings. The zero-order valence-electron chi connectivity index (χ0n) is 13.4. The summed E-state index contributed by atoms with van der Waals surface area (Å²) >= 11 is 3.61. The van der Waals surface area contributed by atoms with Crippen molar-refractivity contribution in [1.82, 2.24) is 4.90 Å². The molecule has 4 nitrogen and oxygen atoms in total. The van der Waals surface area contributed by atoms with E-state index >= 15 is 0 Å². The fraction of sp³-hybridized carbons (Fsp3) is 0.556. The third-order valence-electron chi connectivity index (χ3n) is 4.90. The molecular weight excluding hydrogens is 358 g/mol. The Hall–Kier alpha value is -1.36. The summed E-state index contributed by atoms with van der Waals surface area (Å²) in [5.74, 6) is -0.482. The van der Waals surface area contributed by atoms with E-state index in [1.54, 1.807) is 11.9 Å². The summed E-state index contributed by atoms with van der Waals surface area (Å²) in [7, 11) is 1.78. The number of rotatable bonds is 2. The van der Waals surface area contributed by atoms with Gasteiger partial charge in [0.25, 0.3) is 0 Å². The highest BCUT2D eigenvalue weighted by Crippen LogP contribution is 2.36. The van der Waals surface area contributed by atoms with Crippen LogP contribution in [-0.2, 0) is 20.7 Å². The lowest BCUT2D eigenvalue weighted by Gasteiger charge is -2.29. The number of fused-ring (bicyclic) bond motifs is 1. The molecule has 1 aromatic carbocycles. The second kappa shape index (κ2) is 7.04. The van der Waals surface area contributed by atoms with Crippen LogP contribution in [-0.4, -0.2) is 30.4 Å². The van der Waals surface area contributed by atoms with Gasteiger partial charge >= 0.3 is 5.97 Å². The summed E-state index contributed by atoms with van der Waals surface area (Å²) in [5, 5.41) is 0. The van der Waals surface area contributed by atoms with Crippen LogP contribution in [0.15, 0.2) is 22.7 Å². The van der Waals surface area contributed by atoms with Gasteiger partial charge in [0.15, 0.2) is 0 Å². The Morgan fingerprint density at radius 2 is 2.13 bits per heavy atom. The van der Waals surface area contributed by atoms with Crippen LogP contribution in [0.25, 0.3) is 0 Å². The smallest absolute Gasteiger partial charge is 0.310 e. The molecular formula is C18H22BrNO3. The number of carbonyl (C=O) groups is 2. The van der Waals surface area contributed by atoms with Gasteiger partial charge in [-0.3, -0.25) is 9.59 Å². The monoisotopic (exact) mass is 379 g/mol. The number of ether oxygens (including phenoxy) is 1. The molecule has 2 aliphatic rings. The first-order valence-electron chi connectivity index (χ1n) is 8.28. The van der Waals surface area contributed by atoms with Gasteiger partial charge in [-0.15, -0.1) is 0 Å². The normalized spacial score (nSPS) is 24.8. The first kappa shape index (κ1) is 16.5. The molecule has 0 N–H and O–H groups in total. The van der Waals surface area contributed by atoms with Crippen molar-refractivity contribution in [2.45, 2.75) is 44.6 Å². The van der Waals surface area contributed by atoms with Crippen molar-refractivity contribution in [2.24, 2.45) is 5.92 Å². The number of benzene rings is 1. The fourth-order valence-electron chi connectivity index (χ4n) is 3.43. The number of hydrogen-bond donors (Lipinski definition) is 0. The van der Waals surface area contributed by atoms with E-state index in [0.717, 1.165) is 35.7 Å². The van der Waals surface area contributed by atoms with Gasteiger partial charge < -0.3 is 9.64 Å². The van der Waals surface area contributed by atoms with Gasteiger partial charge in [-0.25, -0.2) is 0 Å². The zero-order chi connectivity index (χ0) is 16.4. The minimum atomic E-state index is -0.294. The molecule has 1 aliphatic heterocycles. The van der Waals surface area contributed by atoms with Crippen molar-refractivity contribution in [3.63, 3.8) is 0 Å². The molecule has 2 atom stereocenters. The summed E-state index contributed by atoms with van der Waals surface area (Å²) in [6, 6.07) is 6.09. The van der Waals surface area contributed by atoms with E-state index in [1.807, 2.05) is 12.1 Å². The minimum absolute atomic E-state index is 0.0298.